The Hall–Kier alpha value is -2.27. The predicted molar refractivity (Wildman–Crippen MR) is 88.5 cm³/mol. The summed E-state index contributed by atoms with van der Waals surface area (Å²) in [7, 11) is 1.54. The van der Waals surface area contributed by atoms with Crippen molar-refractivity contribution in [2.45, 2.75) is 13.5 Å². The number of hydrogen-bond donors (Lipinski definition) is 3. The van der Waals surface area contributed by atoms with Crippen molar-refractivity contribution < 1.29 is 9.84 Å². The summed E-state index contributed by atoms with van der Waals surface area (Å²) in [6, 6.07) is 11.4. The Morgan fingerprint density at radius 3 is 2.62 bits per heavy atom. The lowest BCUT2D eigenvalue weighted by molar-refractivity contribution is 0.374. The molecule has 0 aromatic heterocycles. The van der Waals surface area contributed by atoms with Gasteiger partial charge >= 0.3 is 0 Å². The molecule has 0 bridgehead atoms. The summed E-state index contributed by atoms with van der Waals surface area (Å²) in [4.78, 5) is 0. The van der Waals surface area contributed by atoms with Gasteiger partial charge in [0.05, 0.1) is 7.11 Å². The number of rotatable bonds is 4. The van der Waals surface area contributed by atoms with E-state index in [1.54, 1.807) is 13.2 Å². The summed E-state index contributed by atoms with van der Waals surface area (Å²) in [6.45, 7) is 2.49. The number of benzene rings is 2. The van der Waals surface area contributed by atoms with E-state index in [9.17, 15) is 5.11 Å². The van der Waals surface area contributed by atoms with E-state index in [0.717, 1.165) is 22.3 Å². The molecule has 0 atom stereocenters. The lowest BCUT2D eigenvalue weighted by Gasteiger charge is -2.17. The van der Waals surface area contributed by atoms with Crippen molar-refractivity contribution in [1.82, 2.24) is 5.32 Å². The second kappa shape index (κ2) is 6.45. The summed E-state index contributed by atoms with van der Waals surface area (Å²) in [5, 5.41) is 13.2. The number of ether oxygens (including phenoxy) is 1. The Kier molecular flexibility index (Phi) is 4.65. The smallest absolute Gasteiger partial charge is 0.168 e. The van der Waals surface area contributed by atoms with E-state index in [1.807, 2.05) is 37.3 Å². The van der Waals surface area contributed by atoms with Crippen LogP contribution in [0.2, 0.25) is 0 Å². The van der Waals surface area contributed by atoms with Gasteiger partial charge in [0.25, 0.3) is 0 Å². The van der Waals surface area contributed by atoms with Gasteiger partial charge in [-0.15, -0.1) is 0 Å². The zero-order chi connectivity index (χ0) is 15.4. The van der Waals surface area contributed by atoms with Gasteiger partial charge in [-0.3, -0.25) is 0 Å². The fourth-order valence-electron chi connectivity index (χ4n) is 2.30. The van der Waals surface area contributed by atoms with Crippen molar-refractivity contribution in [2.75, 3.05) is 7.11 Å². The summed E-state index contributed by atoms with van der Waals surface area (Å²) in [5.41, 5.74) is 9.40. The van der Waals surface area contributed by atoms with Crippen molar-refractivity contribution >= 4 is 17.3 Å². The largest absolute Gasteiger partial charge is 0.504 e. The van der Waals surface area contributed by atoms with E-state index < -0.39 is 0 Å². The molecule has 0 amide bonds. The molecule has 2 aromatic rings. The quantitative estimate of drug-likeness (QED) is 0.758. The van der Waals surface area contributed by atoms with E-state index in [1.165, 1.54) is 0 Å². The Morgan fingerprint density at radius 1 is 1.29 bits per heavy atom. The van der Waals surface area contributed by atoms with E-state index in [2.05, 4.69) is 5.32 Å². The minimum absolute atomic E-state index is 0.106. The molecule has 0 fully saturated rings. The number of nitrogens with two attached hydrogens (primary N) is 1. The van der Waals surface area contributed by atoms with Crippen LogP contribution >= 0.6 is 12.2 Å². The highest BCUT2D eigenvalue weighted by Gasteiger charge is 2.17. The second-order valence-corrected chi connectivity index (χ2v) is 5.12. The summed E-state index contributed by atoms with van der Waals surface area (Å²) < 4.78 is 5.39. The molecular formula is C16H18N2O2S. The van der Waals surface area contributed by atoms with Gasteiger partial charge in [0.2, 0.25) is 0 Å². The molecular weight excluding hydrogens is 284 g/mol. The number of aryl methyl sites for hydroxylation is 1. The van der Waals surface area contributed by atoms with E-state index in [4.69, 9.17) is 22.7 Å². The number of aromatic hydroxyl groups is 1. The van der Waals surface area contributed by atoms with Gasteiger partial charge in [0, 0.05) is 12.1 Å². The molecule has 21 heavy (non-hydrogen) atoms. The normalized spacial score (nSPS) is 10.2. The van der Waals surface area contributed by atoms with Gasteiger partial charge in [-0.05, 0) is 41.9 Å². The molecule has 4 nitrogen and oxygen atoms in total. The fraction of sp³-hybridized carbons (Fsp3) is 0.188. The molecule has 0 spiro atoms. The molecule has 2 rings (SSSR count). The van der Waals surface area contributed by atoms with Crippen LogP contribution in [-0.2, 0) is 6.54 Å². The number of nitrogens with one attached hydrogen (secondary N) is 1. The maximum Gasteiger partial charge on any atom is 0.168 e. The number of hydrogen-bond acceptors (Lipinski definition) is 3. The molecule has 0 saturated heterocycles. The van der Waals surface area contributed by atoms with Crippen LogP contribution in [0.1, 0.15) is 11.1 Å². The summed E-state index contributed by atoms with van der Waals surface area (Å²) >= 11 is 4.85. The molecule has 0 aliphatic carbocycles. The van der Waals surface area contributed by atoms with Crippen LogP contribution < -0.4 is 15.8 Å². The van der Waals surface area contributed by atoms with Crippen molar-refractivity contribution in [3.05, 3.63) is 47.5 Å². The third kappa shape index (κ3) is 3.25. The standard InChI is InChI=1S/C16H18N2O2S/c1-10-5-3-4-6-12(10)14-11(9-18-16(17)21)7-8-13(19)15(14)20-2/h3-8,19H,9H2,1-2H3,(H3,17,18,21). The van der Waals surface area contributed by atoms with Crippen LogP contribution in [-0.4, -0.2) is 17.3 Å². The molecule has 2 aromatic carbocycles. The SMILES string of the molecule is COc1c(O)ccc(CNC(N)=S)c1-c1ccccc1C. The van der Waals surface area contributed by atoms with E-state index in [0.29, 0.717) is 12.3 Å². The van der Waals surface area contributed by atoms with Crippen LogP contribution in [0.25, 0.3) is 11.1 Å². The predicted octanol–water partition coefficient (Wildman–Crippen LogP) is 2.71. The lowest BCUT2D eigenvalue weighted by Crippen LogP contribution is -2.28. The Balaban J connectivity index is 2.62. The van der Waals surface area contributed by atoms with Crippen LogP contribution in [0.3, 0.4) is 0 Å². The van der Waals surface area contributed by atoms with Crippen LogP contribution in [0, 0.1) is 6.92 Å². The first kappa shape index (κ1) is 15.1. The summed E-state index contributed by atoms with van der Waals surface area (Å²) in [6.07, 6.45) is 0. The first-order valence-corrected chi connectivity index (χ1v) is 6.93. The lowest BCUT2D eigenvalue weighted by atomic mass is 9.94. The number of phenols is 1. The molecule has 0 aliphatic rings. The van der Waals surface area contributed by atoms with E-state index in [-0.39, 0.29) is 10.9 Å². The average molecular weight is 302 g/mol. The number of methoxy groups -OCH3 is 1. The van der Waals surface area contributed by atoms with Crippen molar-refractivity contribution in [1.29, 1.82) is 0 Å². The zero-order valence-corrected chi connectivity index (χ0v) is 12.8. The third-order valence-corrected chi connectivity index (χ3v) is 3.44. The number of phenolic OH excluding ortho intramolecular Hbond substituents is 1. The minimum atomic E-state index is 0.106. The number of thiocarbonyl (C=S) groups is 1. The topological polar surface area (TPSA) is 67.5 Å². The molecule has 0 unspecified atom stereocenters. The molecule has 110 valence electrons. The molecule has 5 heteroatoms. The molecule has 0 heterocycles. The fourth-order valence-corrected chi connectivity index (χ4v) is 2.37. The van der Waals surface area contributed by atoms with Crippen molar-refractivity contribution in [3.63, 3.8) is 0 Å². The molecule has 0 saturated carbocycles. The van der Waals surface area contributed by atoms with Gasteiger partial charge < -0.3 is 20.9 Å². The molecule has 0 aliphatic heterocycles. The van der Waals surface area contributed by atoms with Crippen LogP contribution in [0.4, 0.5) is 0 Å². The van der Waals surface area contributed by atoms with Crippen LogP contribution in [0.5, 0.6) is 11.5 Å². The Labute approximate surface area is 129 Å². The van der Waals surface area contributed by atoms with Crippen LogP contribution in [0.15, 0.2) is 36.4 Å². The van der Waals surface area contributed by atoms with Gasteiger partial charge in [-0.2, -0.15) is 0 Å². The maximum atomic E-state index is 10.0. The van der Waals surface area contributed by atoms with E-state index >= 15 is 0 Å². The van der Waals surface area contributed by atoms with Gasteiger partial charge in [-0.1, -0.05) is 30.3 Å². The Bertz CT molecular complexity index is 671. The highest BCUT2D eigenvalue weighted by Crippen LogP contribution is 2.41. The highest BCUT2D eigenvalue weighted by atomic mass is 32.1. The molecule has 4 N–H and O–H groups in total. The van der Waals surface area contributed by atoms with Gasteiger partial charge in [0.15, 0.2) is 16.6 Å². The zero-order valence-electron chi connectivity index (χ0n) is 12.0. The monoisotopic (exact) mass is 302 g/mol. The highest BCUT2D eigenvalue weighted by molar-refractivity contribution is 7.80. The second-order valence-electron chi connectivity index (χ2n) is 4.68. The molecule has 0 radical (unpaired) electrons. The first-order valence-electron chi connectivity index (χ1n) is 6.52. The maximum absolute atomic E-state index is 10.0. The first-order chi connectivity index (χ1) is 10.0. The summed E-state index contributed by atoms with van der Waals surface area (Å²) in [5.74, 6) is 0.557. The van der Waals surface area contributed by atoms with Gasteiger partial charge in [0.1, 0.15) is 0 Å². The third-order valence-electron chi connectivity index (χ3n) is 3.29. The van der Waals surface area contributed by atoms with Gasteiger partial charge in [-0.25, -0.2) is 0 Å². The Morgan fingerprint density at radius 2 is 2.00 bits per heavy atom. The minimum Gasteiger partial charge on any atom is -0.504 e. The average Bonchev–Trinajstić information content (AvgIpc) is 2.46. The van der Waals surface area contributed by atoms with Crippen molar-refractivity contribution in [2.24, 2.45) is 5.73 Å². The van der Waals surface area contributed by atoms with Crippen molar-refractivity contribution in [3.8, 4) is 22.6 Å².